The summed E-state index contributed by atoms with van der Waals surface area (Å²) >= 11 is 0. The van der Waals surface area contributed by atoms with E-state index in [1.165, 1.54) is 5.56 Å². The molecule has 0 aromatic heterocycles. The van der Waals surface area contributed by atoms with Crippen molar-refractivity contribution in [3.05, 3.63) is 46.0 Å². The Hall–Kier alpha value is -1.46. The first-order valence-corrected chi connectivity index (χ1v) is 5.33. The minimum atomic E-state index is -0.550. The minimum Gasteiger partial charge on any atom is -0.310 e. The van der Waals surface area contributed by atoms with Crippen LogP contribution in [0.5, 0.6) is 0 Å². The van der Waals surface area contributed by atoms with Crippen LogP contribution in [-0.2, 0) is 6.42 Å². The maximum absolute atomic E-state index is 10.1. The molecule has 1 aromatic carbocycles. The third-order valence-electron chi connectivity index (χ3n) is 2.24. The summed E-state index contributed by atoms with van der Waals surface area (Å²) in [7, 11) is 0. The number of hydrogen-bond donors (Lipinski definition) is 2. The van der Waals surface area contributed by atoms with Crippen LogP contribution in [-0.4, -0.2) is 24.2 Å². The van der Waals surface area contributed by atoms with Crippen molar-refractivity contribution in [3.63, 3.8) is 0 Å². The summed E-state index contributed by atoms with van der Waals surface area (Å²) in [4.78, 5) is 9.74. The van der Waals surface area contributed by atoms with Crippen molar-refractivity contribution < 1.29 is 4.92 Å². The normalized spacial score (nSPS) is 12.3. The van der Waals surface area contributed by atoms with Gasteiger partial charge in [0, 0.05) is 4.92 Å². The molecule has 1 unspecified atom stereocenters. The van der Waals surface area contributed by atoms with Crippen LogP contribution in [0.4, 0.5) is 0 Å². The van der Waals surface area contributed by atoms with Crippen molar-refractivity contribution in [1.82, 2.24) is 5.32 Å². The van der Waals surface area contributed by atoms with E-state index in [4.69, 9.17) is 5.73 Å². The molecule has 0 aliphatic carbocycles. The first-order valence-electron chi connectivity index (χ1n) is 5.33. The number of nitrogens with two attached hydrogens (primary N) is 1. The van der Waals surface area contributed by atoms with Crippen molar-refractivity contribution in [3.8, 4) is 0 Å². The number of aryl methyl sites for hydroxylation is 1. The fraction of sp³-hybridized carbons (Fsp3) is 0.455. The summed E-state index contributed by atoms with van der Waals surface area (Å²) in [5.41, 5.74) is 6.77. The highest BCUT2D eigenvalue weighted by Gasteiger charge is 2.07. The lowest BCUT2D eigenvalue weighted by Gasteiger charge is -2.09. The topological polar surface area (TPSA) is 81.2 Å². The number of hydrogen-bond acceptors (Lipinski definition) is 4. The number of nitrogens with zero attached hydrogens (tertiary/aromatic N) is 1. The van der Waals surface area contributed by atoms with Gasteiger partial charge in [-0.05, 0) is 24.9 Å². The maximum atomic E-state index is 10.1. The molecule has 5 heteroatoms. The van der Waals surface area contributed by atoms with Gasteiger partial charge in [-0.1, -0.05) is 30.3 Å². The van der Waals surface area contributed by atoms with Gasteiger partial charge in [-0.3, -0.25) is 15.4 Å². The van der Waals surface area contributed by atoms with E-state index in [0.717, 1.165) is 12.8 Å². The van der Waals surface area contributed by atoms with Gasteiger partial charge < -0.3 is 5.73 Å². The molecule has 0 heterocycles. The average molecular weight is 223 g/mol. The van der Waals surface area contributed by atoms with E-state index in [0.29, 0.717) is 6.54 Å². The smallest absolute Gasteiger partial charge is 0.231 e. The number of benzene rings is 1. The van der Waals surface area contributed by atoms with Crippen molar-refractivity contribution in [2.75, 3.05) is 13.1 Å². The molecule has 0 aliphatic rings. The van der Waals surface area contributed by atoms with Gasteiger partial charge in [0.15, 0.2) is 0 Å². The van der Waals surface area contributed by atoms with Crippen LogP contribution in [0.25, 0.3) is 0 Å². The van der Waals surface area contributed by atoms with Crippen LogP contribution >= 0.6 is 0 Å². The predicted molar refractivity (Wildman–Crippen MR) is 62.6 cm³/mol. The molecule has 0 amide bonds. The molecule has 3 N–H and O–H groups in total. The molecule has 88 valence electrons. The Morgan fingerprint density at radius 2 is 2.06 bits per heavy atom. The summed E-state index contributed by atoms with van der Waals surface area (Å²) in [6.07, 6.45) is 1.33. The van der Waals surface area contributed by atoms with Crippen LogP contribution in [0, 0.1) is 10.1 Å². The molecule has 0 radical (unpaired) electrons. The molecule has 16 heavy (non-hydrogen) atoms. The molecule has 1 rings (SSSR count). The fourth-order valence-electron chi connectivity index (χ4n) is 1.45. The van der Waals surface area contributed by atoms with E-state index in [1.807, 2.05) is 18.2 Å². The van der Waals surface area contributed by atoms with Gasteiger partial charge in [-0.25, -0.2) is 0 Å². The number of nitrogens with one attached hydrogen (secondary N) is 1. The van der Waals surface area contributed by atoms with Crippen LogP contribution in [0.2, 0.25) is 0 Å². The van der Waals surface area contributed by atoms with Gasteiger partial charge in [0.25, 0.3) is 0 Å². The molecular weight excluding hydrogens is 206 g/mol. The molecule has 0 spiro atoms. The molecule has 5 nitrogen and oxygen atoms in total. The number of rotatable bonds is 7. The van der Waals surface area contributed by atoms with Gasteiger partial charge in [0.05, 0.1) is 0 Å². The SMILES string of the molecule is NC(C[N+](=O)[O-])NCCCc1ccccc1. The van der Waals surface area contributed by atoms with Gasteiger partial charge in [0.1, 0.15) is 6.17 Å². The zero-order valence-corrected chi connectivity index (χ0v) is 9.13. The van der Waals surface area contributed by atoms with E-state index < -0.39 is 11.1 Å². The molecular formula is C11H17N3O2. The van der Waals surface area contributed by atoms with E-state index in [2.05, 4.69) is 17.4 Å². The van der Waals surface area contributed by atoms with Crippen molar-refractivity contribution >= 4 is 0 Å². The lowest BCUT2D eigenvalue weighted by Crippen LogP contribution is -2.43. The van der Waals surface area contributed by atoms with Crippen LogP contribution in [0.15, 0.2) is 30.3 Å². The molecule has 1 aromatic rings. The van der Waals surface area contributed by atoms with Gasteiger partial charge >= 0.3 is 0 Å². The van der Waals surface area contributed by atoms with Gasteiger partial charge in [-0.15, -0.1) is 0 Å². The first kappa shape index (κ1) is 12.6. The molecule has 0 bridgehead atoms. The minimum absolute atomic E-state index is 0.231. The van der Waals surface area contributed by atoms with E-state index in [9.17, 15) is 10.1 Å². The third kappa shape index (κ3) is 5.43. The Bertz CT molecular complexity index is 316. The standard InChI is InChI=1S/C11H17N3O2/c12-11(9-14(15)16)13-8-4-7-10-5-2-1-3-6-10/h1-3,5-6,11,13H,4,7-9,12H2. The molecule has 0 saturated carbocycles. The van der Waals surface area contributed by atoms with Crippen LogP contribution in [0.1, 0.15) is 12.0 Å². The van der Waals surface area contributed by atoms with Gasteiger partial charge in [0.2, 0.25) is 6.54 Å². The first-order chi connectivity index (χ1) is 7.68. The van der Waals surface area contributed by atoms with Crippen molar-refractivity contribution in [2.45, 2.75) is 19.0 Å². The highest BCUT2D eigenvalue weighted by molar-refractivity contribution is 5.14. The third-order valence-corrected chi connectivity index (χ3v) is 2.24. The quantitative estimate of drug-likeness (QED) is 0.309. The van der Waals surface area contributed by atoms with Crippen LogP contribution < -0.4 is 11.1 Å². The monoisotopic (exact) mass is 223 g/mol. The zero-order chi connectivity index (χ0) is 11.8. The summed E-state index contributed by atoms with van der Waals surface area (Å²) in [6, 6.07) is 10.1. The summed E-state index contributed by atoms with van der Waals surface area (Å²) in [6.45, 7) is 0.467. The number of nitro groups is 1. The average Bonchev–Trinajstić information content (AvgIpc) is 2.25. The fourth-order valence-corrected chi connectivity index (χ4v) is 1.45. The van der Waals surface area contributed by atoms with E-state index >= 15 is 0 Å². The Morgan fingerprint density at radius 3 is 2.69 bits per heavy atom. The predicted octanol–water partition coefficient (Wildman–Crippen LogP) is 0.770. The Kier molecular flexibility index (Phi) is 5.45. The summed E-state index contributed by atoms with van der Waals surface area (Å²) in [5, 5.41) is 13.1. The molecule has 1 atom stereocenters. The molecule has 0 aliphatic heterocycles. The van der Waals surface area contributed by atoms with Crippen LogP contribution in [0.3, 0.4) is 0 Å². The Balaban J connectivity index is 2.10. The zero-order valence-electron chi connectivity index (χ0n) is 9.13. The van der Waals surface area contributed by atoms with Crippen molar-refractivity contribution in [2.24, 2.45) is 5.73 Å². The second-order valence-corrected chi connectivity index (χ2v) is 3.67. The van der Waals surface area contributed by atoms with Crippen molar-refractivity contribution in [1.29, 1.82) is 0 Å². The summed E-state index contributed by atoms with van der Waals surface area (Å²) < 4.78 is 0. The summed E-state index contributed by atoms with van der Waals surface area (Å²) in [5.74, 6) is 0. The highest BCUT2D eigenvalue weighted by atomic mass is 16.6. The molecule has 0 fully saturated rings. The largest absolute Gasteiger partial charge is 0.310 e. The highest BCUT2D eigenvalue weighted by Crippen LogP contribution is 2.01. The second kappa shape index (κ2) is 6.92. The lowest BCUT2D eigenvalue weighted by molar-refractivity contribution is -0.483. The van der Waals surface area contributed by atoms with E-state index in [-0.39, 0.29) is 6.54 Å². The second-order valence-electron chi connectivity index (χ2n) is 3.67. The van der Waals surface area contributed by atoms with Gasteiger partial charge in [-0.2, -0.15) is 0 Å². The maximum Gasteiger partial charge on any atom is 0.231 e. The lowest BCUT2D eigenvalue weighted by atomic mass is 10.1. The van der Waals surface area contributed by atoms with E-state index in [1.54, 1.807) is 0 Å². The Labute approximate surface area is 94.8 Å². The molecule has 0 saturated heterocycles. The Morgan fingerprint density at radius 1 is 1.38 bits per heavy atom.